The summed E-state index contributed by atoms with van der Waals surface area (Å²) < 4.78 is 1.78. The van der Waals surface area contributed by atoms with Gasteiger partial charge in [0.05, 0.1) is 24.4 Å². The molecule has 0 radical (unpaired) electrons. The minimum absolute atomic E-state index is 0.0140. The number of hydrogen-bond acceptors (Lipinski definition) is 5. The second-order valence-corrected chi connectivity index (χ2v) is 7.85. The molecule has 2 heterocycles. The lowest BCUT2D eigenvalue weighted by Crippen LogP contribution is -2.42. The molecule has 1 saturated carbocycles. The van der Waals surface area contributed by atoms with E-state index in [-0.39, 0.29) is 30.5 Å². The van der Waals surface area contributed by atoms with E-state index in [4.69, 9.17) is 0 Å². The Balaban J connectivity index is 1.72. The zero-order valence-electron chi connectivity index (χ0n) is 16.0. The van der Waals surface area contributed by atoms with Crippen LogP contribution < -0.4 is 0 Å². The number of nitrogens with zero attached hydrogens (tertiary/aromatic N) is 5. The first-order valence-corrected chi connectivity index (χ1v) is 9.89. The van der Waals surface area contributed by atoms with Gasteiger partial charge in [0, 0.05) is 5.92 Å². The molecule has 2 fully saturated rings. The summed E-state index contributed by atoms with van der Waals surface area (Å²) in [6, 6.07) is 5.77. The lowest BCUT2D eigenvalue weighted by Gasteiger charge is -2.31. The predicted molar refractivity (Wildman–Crippen MR) is 100 cm³/mol. The molecule has 2 atom stereocenters. The fourth-order valence-corrected chi connectivity index (χ4v) is 4.73. The van der Waals surface area contributed by atoms with Gasteiger partial charge in [-0.25, -0.2) is 0 Å². The number of aryl methyl sites for hydroxylation is 2. The minimum Gasteiger partial charge on any atom is -0.394 e. The summed E-state index contributed by atoms with van der Waals surface area (Å²) >= 11 is 0. The third-order valence-electron chi connectivity index (χ3n) is 6.12. The average Bonchev–Trinajstić information content (AvgIpc) is 3.40. The zero-order chi connectivity index (χ0) is 19.0. The molecule has 27 heavy (non-hydrogen) atoms. The SMILES string of the molecule is Cc1cccc(C)c1-n1nnnc1[C@H]1CC[C@@H](CO)N1C(=O)C1CCCC1. The number of aliphatic hydroxyl groups is 1. The van der Waals surface area contributed by atoms with Crippen molar-refractivity contribution in [2.45, 2.75) is 64.5 Å². The number of hydrogen-bond donors (Lipinski definition) is 1. The number of amides is 1. The first-order chi connectivity index (χ1) is 13.1. The predicted octanol–water partition coefficient (Wildman–Crippen LogP) is 2.49. The highest BCUT2D eigenvalue weighted by atomic mass is 16.3. The van der Waals surface area contributed by atoms with Crippen LogP contribution in [-0.2, 0) is 4.79 Å². The molecule has 2 aromatic rings. The van der Waals surface area contributed by atoms with Gasteiger partial charge in [0.1, 0.15) is 0 Å². The Morgan fingerprint density at radius 2 is 1.85 bits per heavy atom. The second kappa shape index (κ2) is 7.38. The third-order valence-corrected chi connectivity index (χ3v) is 6.12. The van der Waals surface area contributed by atoms with E-state index in [1.54, 1.807) is 4.68 Å². The summed E-state index contributed by atoms with van der Waals surface area (Å²) in [4.78, 5) is 15.1. The van der Waals surface area contributed by atoms with Crippen LogP contribution in [0.1, 0.15) is 61.5 Å². The Labute approximate surface area is 159 Å². The number of benzene rings is 1. The molecule has 7 heteroatoms. The van der Waals surface area contributed by atoms with Crippen LogP contribution in [0.5, 0.6) is 0 Å². The maximum atomic E-state index is 13.2. The zero-order valence-corrected chi connectivity index (χ0v) is 16.0. The van der Waals surface area contributed by atoms with E-state index >= 15 is 0 Å². The number of aromatic nitrogens is 4. The average molecular weight is 369 g/mol. The van der Waals surface area contributed by atoms with Crippen molar-refractivity contribution in [3.8, 4) is 5.69 Å². The van der Waals surface area contributed by atoms with Gasteiger partial charge < -0.3 is 10.0 Å². The van der Waals surface area contributed by atoms with Crippen LogP contribution in [0.2, 0.25) is 0 Å². The van der Waals surface area contributed by atoms with Gasteiger partial charge in [-0.05, 0) is 61.1 Å². The number of carbonyl (C=O) groups is 1. The highest BCUT2D eigenvalue weighted by Crippen LogP contribution is 2.39. The maximum Gasteiger partial charge on any atom is 0.226 e. The van der Waals surface area contributed by atoms with E-state index in [0.29, 0.717) is 5.82 Å². The molecule has 1 aliphatic carbocycles. The molecular formula is C20H27N5O2. The van der Waals surface area contributed by atoms with Crippen LogP contribution in [-0.4, -0.2) is 48.8 Å². The molecule has 0 bridgehead atoms. The van der Waals surface area contributed by atoms with Crippen LogP contribution in [0.4, 0.5) is 0 Å². The van der Waals surface area contributed by atoms with Crippen molar-refractivity contribution in [1.29, 1.82) is 0 Å². The Hall–Kier alpha value is -2.28. The Morgan fingerprint density at radius 1 is 1.15 bits per heavy atom. The third kappa shape index (κ3) is 3.14. The minimum atomic E-state index is -0.191. The fourth-order valence-electron chi connectivity index (χ4n) is 4.73. The quantitative estimate of drug-likeness (QED) is 0.895. The van der Waals surface area contributed by atoms with Crippen molar-refractivity contribution < 1.29 is 9.90 Å². The molecule has 1 aromatic heterocycles. The fraction of sp³-hybridized carbons (Fsp3) is 0.600. The van der Waals surface area contributed by atoms with Gasteiger partial charge in [-0.2, -0.15) is 4.68 Å². The van der Waals surface area contributed by atoms with Crippen molar-refractivity contribution in [1.82, 2.24) is 25.1 Å². The highest BCUT2D eigenvalue weighted by Gasteiger charge is 2.43. The van der Waals surface area contributed by atoms with Gasteiger partial charge in [0.25, 0.3) is 0 Å². The van der Waals surface area contributed by atoms with Gasteiger partial charge in [-0.15, -0.1) is 5.10 Å². The number of tetrazole rings is 1. The van der Waals surface area contributed by atoms with E-state index in [1.165, 1.54) is 0 Å². The standard InChI is InChI=1S/C20H27N5O2/c1-13-6-5-7-14(2)18(13)25-19(21-22-23-25)17-11-10-16(12-26)24(17)20(27)15-8-3-4-9-15/h5-7,15-17,26H,3-4,8-12H2,1-2H3/t16-,17+/m0/s1. The van der Waals surface area contributed by atoms with Crippen LogP contribution in [0, 0.1) is 19.8 Å². The molecule has 144 valence electrons. The number of carbonyl (C=O) groups excluding carboxylic acids is 1. The van der Waals surface area contributed by atoms with E-state index in [0.717, 1.165) is 55.3 Å². The Bertz CT molecular complexity index is 807. The summed E-state index contributed by atoms with van der Waals surface area (Å²) in [6.45, 7) is 4.07. The molecule has 4 rings (SSSR count). The number of likely N-dealkylation sites (tertiary alicyclic amines) is 1. The first kappa shape index (κ1) is 18.1. The molecular weight excluding hydrogens is 342 g/mol. The Morgan fingerprint density at radius 3 is 2.52 bits per heavy atom. The highest BCUT2D eigenvalue weighted by molar-refractivity contribution is 5.80. The molecule has 1 aromatic carbocycles. The lowest BCUT2D eigenvalue weighted by molar-refractivity contribution is -0.139. The molecule has 0 unspecified atom stereocenters. The van der Waals surface area contributed by atoms with Crippen LogP contribution in [0.15, 0.2) is 18.2 Å². The van der Waals surface area contributed by atoms with Crippen molar-refractivity contribution in [2.75, 3.05) is 6.61 Å². The summed E-state index contributed by atoms with van der Waals surface area (Å²) in [5, 5.41) is 22.4. The smallest absolute Gasteiger partial charge is 0.226 e. The van der Waals surface area contributed by atoms with Crippen molar-refractivity contribution in [3.05, 3.63) is 35.2 Å². The molecule has 7 nitrogen and oxygen atoms in total. The molecule has 0 spiro atoms. The van der Waals surface area contributed by atoms with Gasteiger partial charge in [-0.3, -0.25) is 4.79 Å². The van der Waals surface area contributed by atoms with Crippen LogP contribution in [0.3, 0.4) is 0 Å². The maximum absolute atomic E-state index is 13.2. The second-order valence-electron chi connectivity index (χ2n) is 7.85. The number of para-hydroxylation sites is 1. The summed E-state index contributed by atoms with van der Waals surface area (Å²) in [5.74, 6) is 0.920. The largest absolute Gasteiger partial charge is 0.394 e. The van der Waals surface area contributed by atoms with Crippen molar-refractivity contribution >= 4 is 5.91 Å². The summed E-state index contributed by atoms with van der Waals surface area (Å²) in [7, 11) is 0. The van der Waals surface area contributed by atoms with E-state index in [1.807, 2.05) is 36.9 Å². The normalized spacial score (nSPS) is 23.3. The first-order valence-electron chi connectivity index (χ1n) is 9.89. The van der Waals surface area contributed by atoms with Crippen molar-refractivity contribution in [3.63, 3.8) is 0 Å². The van der Waals surface area contributed by atoms with Gasteiger partial charge in [-0.1, -0.05) is 31.0 Å². The van der Waals surface area contributed by atoms with Gasteiger partial charge >= 0.3 is 0 Å². The molecule has 1 saturated heterocycles. The molecule has 1 aliphatic heterocycles. The van der Waals surface area contributed by atoms with Crippen LogP contribution >= 0.6 is 0 Å². The lowest BCUT2D eigenvalue weighted by atomic mass is 10.0. The Kier molecular flexibility index (Phi) is 4.95. The van der Waals surface area contributed by atoms with Crippen molar-refractivity contribution in [2.24, 2.45) is 5.92 Å². The summed E-state index contributed by atoms with van der Waals surface area (Å²) in [5.41, 5.74) is 3.15. The molecule has 1 amide bonds. The van der Waals surface area contributed by atoms with E-state index in [9.17, 15) is 9.90 Å². The van der Waals surface area contributed by atoms with E-state index < -0.39 is 0 Å². The van der Waals surface area contributed by atoms with Gasteiger partial charge in [0.15, 0.2) is 5.82 Å². The monoisotopic (exact) mass is 369 g/mol. The topological polar surface area (TPSA) is 84.1 Å². The van der Waals surface area contributed by atoms with Crippen LogP contribution in [0.25, 0.3) is 5.69 Å². The molecule has 2 aliphatic rings. The molecule has 1 N–H and O–H groups in total. The number of aliphatic hydroxyl groups excluding tert-OH is 1. The summed E-state index contributed by atoms with van der Waals surface area (Å²) in [6.07, 6.45) is 5.66. The van der Waals surface area contributed by atoms with Gasteiger partial charge in [0.2, 0.25) is 5.91 Å². The van der Waals surface area contributed by atoms with E-state index in [2.05, 4.69) is 15.5 Å². The number of rotatable bonds is 4.